The number of amides is 1. The van der Waals surface area contributed by atoms with E-state index in [0.29, 0.717) is 23.3 Å². The Morgan fingerprint density at radius 3 is 2.50 bits per heavy atom. The summed E-state index contributed by atoms with van der Waals surface area (Å²) < 4.78 is 6.66. The molecule has 0 N–H and O–H groups in total. The van der Waals surface area contributed by atoms with Crippen LogP contribution < -0.4 is 5.56 Å². The molecule has 1 atom stereocenters. The smallest absolute Gasteiger partial charge is 0.306 e. The van der Waals surface area contributed by atoms with Crippen molar-refractivity contribution in [2.24, 2.45) is 0 Å². The van der Waals surface area contributed by atoms with Crippen molar-refractivity contribution in [2.45, 2.75) is 72.8 Å². The van der Waals surface area contributed by atoms with E-state index in [1.807, 2.05) is 57.2 Å². The molecule has 0 fully saturated rings. The van der Waals surface area contributed by atoms with Crippen LogP contribution in [-0.4, -0.2) is 39.5 Å². The van der Waals surface area contributed by atoms with Crippen molar-refractivity contribution in [1.82, 2.24) is 14.5 Å². The lowest BCUT2D eigenvalue weighted by atomic mass is 10.1. The number of unbranched alkanes of at least 4 members (excludes halogenated alkanes) is 2. The number of ether oxygens (including phenoxy) is 1. The van der Waals surface area contributed by atoms with E-state index in [9.17, 15) is 14.4 Å². The Morgan fingerprint density at radius 1 is 1.06 bits per heavy atom. The van der Waals surface area contributed by atoms with Crippen LogP contribution in [-0.2, 0) is 14.3 Å². The quantitative estimate of drug-likeness (QED) is 0.264. The summed E-state index contributed by atoms with van der Waals surface area (Å²) in [6.07, 6.45) is 2.90. The van der Waals surface area contributed by atoms with Crippen molar-refractivity contribution in [3.8, 4) is 5.69 Å². The number of aromatic nitrogens is 2. The van der Waals surface area contributed by atoms with E-state index in [2.05, 4.69) is 6.92 Å². The van der Waals surface area contributed by atoms with Crippen molar-refractivity contribution >= 4 is 22.8 Å². The predicted molar refractivity (Wildman–Crippen MR) is 142 cm³/mol. The second kappa shape index (κ2) is 12.5. The molecule has 2 aromatic carbocycles. The molecule has 1 heterocycles. The van der Waals surface area contributed by atoms with E-state index >= 15 is 0 Å². The van der Waals surface area contributed by atoms with Gasteiger partial charge in [-0.25, -0.2) is 4.98 Å². The van der Waals surface area contributed by atoms with Crippen LogP contribution in [0.25, 0.3) is 16.6 Å². The van der Waals surface area contributed by atoms with E-state index < -0.39 is 6.04 Å². The van der Waals surface area contributed by atoms with Gasteiger partial charge in [-0.2, -0.15) is 0 Å². The fourth-order valence-electron chi connectivity index (χ4n) is 4.51. The van der Waals surface area contributed by atoms with Crippen molar-refractivity contribution in [2.75, 3.05) is 13.2 Å². The number of rotatable bonds is 11. The molecule has 0 spiro atoms. The number of hydrogen-bond donors (Lipinski definition) is 0. The molecule has 1 aromatic heterocycles. The van der Waals surface area contributed by atoms with Gasteiger partial charge in [0, 0.05) is 13.0 Å². The van der Waals surface area contributed by atoms with Crippen LogP contribution in [0.5, 0.6) is 0 Å². The highest BCUT2D eigenvalue weighted by Crippen LogP contribution is 2.26. The second-order valence-corrected chi connectivity index (χ2v) is 9.19. The third kappa shape index (κ3) is 6.20. The lowest BCUT2D eigenvalue weighted by molar-refractivity contribution is -0.146. The van der Waals surface area contributed by atoms with Crippen LogP contribution in [0.4, 0.5) is 0 Å². The highest BCUT2D eigenvalue weighted by atomic mass is 16.5. The molecule has 0 saturated carbocycles. The van der Waals surface area contributed by atoms with Crippen molar-refractivity contribution in [1.29, 1.82) is 0 Å². The lowest BCUT2D eigenvalue weighted by Crippen LogP contribution is -2.38. The van der Waals surface area contributed by atoms with Gasteiger partial charge in [0.1, 0.15) is 5.82 Å². The first-order chi connectivity index (χ1) is 17.3. The maximum atomic E-state index is 13.8. The summed E-state index contributed by atoms with van der Waals surface area (Å²) in [5, 5.41) is 0.527. The average Bonchev–Trinajstić information content (AvgIpc) is 2.85. The van der Waals surface area contributed by atoms with Gasteiger partial charge in [-0.3, -0.25) is 19.0 Å². The molecule has 0 aliphatic heterocycles. The Balaban J connectivity index is 2.12. The van der Waals surface area contributed by atoms with Crippen molar-refractivity contribution in [3.63, 3.8) is 0 Å². The molecular formula is C29H37N3O4. The molecule has 36 heavy (non-hydrogen) atoms. The summed E-state index contributed by atoms with van der Waals surface area (Å²) in [5.41, 5.74) is 3.23. The zero-order valence-electron chi connectivity index (χ0n) is 22.0. The number of esters is 1. The largest absolute Gasteiger partial charge is 0.466 e. The monoisotopic (exact) mass is 491 g/mol. The highest BCUT2D eigenvalue weighted by molar-refractivity contribution is 5.82. The van der Waals surface area contributed by atoms with Crippen molar-refractivity contribution < 1.29 is 14.3 Å². The van der Waals surface area contributed by atoms with E-state index in [0.717, 1.165) is 36.1 Å². The number of nitrogens with zero attached hydrogens (tertiary/aromatic N) is 3. The van der Waals surface area contributed by atoms with E-state index in [4.69, 9.17) is 9.72 Å². The Bertz CT molecular complexity index is 1280. The van der Waals surface area contributed by atoms with Crippen LogP contribution in [0.3, 0.4) is 0 Å². The first-order valence-corrected chi connectivity index (χ1v) is 12.8. The maximum absolute atomic E-state index is 13.8. The predicted octanol–water partition coefficient (Wildman–Crippen LogP) is 5.43. The first kappa shape index (κ1) is 27.1. The third-order valence-corrected chi connectivity index (χ3v) is 6.41. The normalized spacial score (nSPS) is 11.9. The lowest BCUT2D eigenvalue weighted by Gasteiger charge is -2.31. The summed E-state index contributed by atoms with van der Waals surface area (Å²) in [6.45, 7) is 10.6. The van der Waals surface area contributed by atoms with Crippen LogP contribution in [0.1, 0.15) is 75.9 Å². The van der Waals surface area contributed by atoms with E-state index in [1.54, 1.807) is 22.5 Å². The summed E-state index contributed by atoms with van der Waals surface area (Å²) in [5.74, 6) is -0.0316. The number of para-hydroxylation sites is 1. The summed E-state index contributed by atoms with van der Waals surface area (Å²) in [4.78, 5) is 45.7. The SMILES string of the molecule is CCCCCN(C(=O)CCC(=O)OCC)C(C)c1nc2ccccc2c(=O)n1-c1ccc(C)cc1C. The molecule has 0 aliphatic rings. The Labute approximate surface area is 213 Å². The molecule has 0 radical (unpaired) electrons. The zero-order chi connectivity index (χ0) is 26.2. The molecule has 192 valence electrons. The second-order valence-electron chi connectivity index (χ2n) is 9.19. The summed E-state index contributed by atoms with van der Waals surface area (Å²) >= 11 is 0. The molecular weight excluding hydrogens is 454 g/mol. The fourth-order valence-corrected chi connectivity index (χ4v) is 4.51. The van der Waals surface area contributed by atoms with Gasteiger partial charge in [0.25, 0.3) is 5.56 Å². The number of fused-ring (bicyclic) bond motifs is 1. The van der Waals surface area contributed by atoms with Gasteiger partial charge in [0.05, 0.1) is 35.7 Å². The first-order valence-electron chi connectivity index (χ1n) is 12.8. The molecule has 3 aromatic rings. The van der Waals surface area contributed by atoms with Crippen LogP contribution in [0.15, 0.2) is 47.3 Å². The molecule has 3 rings (SSSR count). The average molecular weight is 492 g/mol. The van der Waals surface area contributed by atoms with Gasteiger partial charge < -0.3 is 9.64 Å². The van der Waals surface area contributed by atoms with Gasteiger partial charge in [0.2, 0.25) is 5.91 Å². The third-order valence-electron chi connectivity index (χ3n) is 6.41. The highest BCUT2D eigenvalue weighted by Gasteiger charge is 2.27. The molecule has 0 aliphatic carbocycles. The standard InChI is InChI=1S/C29H37N3O4/c1-6-8-11-18-31(26(33)16-17-27(34)36-7-2)22(5)28-30-24-13-10-9-12-23(24)29(35)32(28)25-15-14-20(3)19-21(25)4/h9-10,12-15,19,22H,6-8,11,16-18H2,1-5H3. The van der Waals surface area contributed by atoms with Gasteiger partial charge >= 0.3 is 5.97 Å². The fraction of sp³-hybridized carbons (Fsp3) is 0.448. The minimum atomic E-state index is -0.477. The zero-order valence-corrected chi connectivity index (χ0v) is 22.0. The number of hydrogen-bond acceptors (Lipinski definition) is 5. The van der Waals surface area contributed by atoms with Gasteiger partial charge in [-0.1, -0.05) is 49.6 Å². The number of benzene rings is 2. The number of carbonyl (C=O) groups is 2. The van der Waals surface area contributed by atoms with Gasteiger partial charge in [-0.05, 0) is 57.9 Å². The van der Waals surface area contributed by atoms with Crippen LogP contribution in [0, 0.1) is 13.8 Å². The number of carbonyl (C=O) groups excluding carboxylic acids is 2. The summed E-state index contributed by atoms with van der Waals surface area (Å²) in [6, 6.07) is 12.8. The van der Waals surface area contributed by atoms with Crippen LogP contribution in [0.2, 0.25) is 0 Å². The molecule has 7 heteroatoms. The topological polar surface area (TPSA) is 81.5 Å². The van der Waals surface area contributed by atoms with E-state index in [-0.39, 0.29) is 36.9 Å². The summed E-state index contributed by atoms with van der Waals surface area (Å²) in [7, 11) is 0. The molecule has 1 unspecified atom stereocenters. The Morgan fingerprint density at radius 2 is 1.81 bits per heavy atom. The molecule has 0 saturated heterocycles. The molecule has 0 bridgehead atoms. The number of aryl methyl sites for hydroxylation is 2. The Kier molecular flexibility index (Phi) is 9.39. The van der Waals surface area contributed by atoms with Gasteiger partial charge in [-0.15, -0.1) is 0 Å². The molecule has 7 nitrogen and oxygen atoms in total. The van der Waals surface area contributed by atoms with Crippen molar-refractivity contribution in [3.05, 3.63) is 69.8 Å². The van der Waals surface area contributed by atoms with E-state index in [1.165, 1.54) is 0 Å². The maximum Gasteiger partial charge on any atom is 0.306 e. The molecule has 1 amide bonds. The minimum Gasteiger partial charge on any atom is -0.466 e. The van der Waals surface area contributed by atoms with Crippen LogP contribution >= 0.6 is 0 Å². The Hall–Kier alpha value is -3.48. The minimum absolute atomic E-state index is 0.0265. The van der Waals surface area contributed by atoms with Gasteiger partial charge in [0.15, 0.2) is 0 Å².